The Bertz CT molecular complexity index is 710. The molecular formula is C14H9BrFN3. The number of benzene rings is 1. The Morgan fingerprint density at radius 2 is 2.05 bits per heavy atom. The quantitative estimate of drug-likeness (QED) is 0.775. The molecule has 0 aliphatic rings. The monoisotopic (exact) mass is 317 g/mol. The number of hydrogen-bond donors (Lipinski definition) is 1. The predicted octanol–water partition coefficient (Wildman–Crippen LogP) is 4.04. The summed E-state index contributed by atoms with van der Waals surface area (Å²) in [5.74, 6) is -0.286. The van der Waals surface area contributed by atoms with Crippen LogP contribution in [0.5, 0.6) is 0 Å². The number of rotatable bonds is 2. The van der Waals surface area contributed by atoms with Crippen LogP contribution in [0.15, 0.2) is 53.3 Å². The van der Waals surface area contributed by atoms with Gasteiger partial charge in [0.15, 0.2) is 0 Å². The third-order valence-corrected chi connectivity index (χ3v) is 3.40. The van der Waals surface area contributed by atoms with Crippen molar-refractivity contribution in [2.24, 2.45) is 0 Å². The van der Waals surface area contributed by atoms with Gasteiger partial charge in [0.1, 0.15) is 5.82 Å². The SMILES string of the molecule is Fc1ccc(-c2cn[nH]c2-c2ccccn2)cc1Br. The Kier molecular flexibility index (Phi) is 3.13. The fraction of sp³-hybridized carbons (Fsp3) is 0. The molecule has 0 radical (unpaired) electrons. The predicted molar refractivity (Wildman–Crippen MR) is 74.9 cm³/mol. The van der Waals surface area contributed by atoms with Crippen LogP contribution < -0.4 is 0 Å². The van der Waals surface area contributed by atoms with E-state index in [9.17, 15) is 4.39 Å². The lowest BCUT2D eigenvalue weighted by atomic mass is 10.0. The van der Waals surface area contributed by atoms with E-state index in [2.05, 4.69) is 31.1 Å². The number of pyridine rings is 1. The van der Waals surface area contributed by atoms with Gasteiger partial charge < -0.3 is 0 Å². The molecule has 1 aromatic carbocycles. The third-order valence-electron chi connectivity index (χ3n) is 2.79. The number of H-pyrrole nitrogens is 1. The van der Waals surface area contributed by atoms with Crippen LogP contribution in [0.3, 0.4) is 0 Å². The van der Waals surface area contributed by atoms with Crippen molar-refractivity contribution in [3.63, 3.8) is 0 Å². The molecule has 0 fully saturated rings. The summed E-state index contributed by atoms with van der Waals surface area (Å²) in [5.41, 5.74) is 3.39. The van der Waals surface area contributed by atoms with Gasteiger partial charge in [-0.05, 0) is 45.8 Å². The molecule has 1 N–H and O–H groups in total. The number of nitrogens with one attached hydrogen (secondary N) is 1. The number of aromatic amines is 1. The minimum Gasteiger partial charge on any atom is -0.276 e. The number of halogens is 2. The van der Waals surface area contributed by atoms with Crippen LogP contribution in [-0.4, -0.2) is 15.2 Å². The second kappa shape index (κ2) is 4.93. The van der Waals surface area contributed by atoms with E-state index in [-0.39, 0.29) is 5.82 Å². The zero-order valence-corrected chi connectivity index (χ0v) is 11.4. The standard InChI is InChI=1S/C14H9BrFN3/c15-11-7-9(4-5-12(11)16)10-8-18-19-14(10)13-3-1-2-6-17-13/h1-8H,(H,18,19). The van der Waals surface area contributed by atoms with E-state index >= 15 is 0 Å². The molecule has 19 heavy (non-hydrogen) atoms. The summed E-state index contributed by atoms with van der Waals surface area (Å²) in [6, 6.07) is 10.5. The molecule has 0 saturated heterocycles. The maximum atomic E-state index is 13.3. The maximum Gasteiger partial charge on any atom is 0.137 e. The van der Waals surface area contributed by atoms with Crippen molar-refractivity contribution in [3.05, 3.63) is 59.1 Å². The summed E-state index contributed by atoms with van der Waals surface area (Å²) >= 11 is 3.19. The van der Waals surface area contributed by atoms with Gasteiger partial charge in [-0.1, -0.05) is 12.1 Å². The topological polar surface area (TPSA) is 41.6 Å². The van der Waals surface area contributed by atoms with Crippen LogP contribution >= 0.6 is 15.9 Å². The number of nitrogens with zero attached hydrogens (tertiary/aromatic N) is 2. The van der Waals surface area contributed by atoms with Crippen molar-refractivity contribution in [2.75, 3.05) is 0 Å². The first-order chi connectivity index (χ1) is 9.25. The average Bonchev–Trinajstić information content (AvgIpc) is 2.92. The maximum absolute atomic E-state index is 13.3. The fourth-order valence-electron chi connectivity index (χ4n) is 1.87. The molecule has 0 aliphatic heterocycles. The smallest absolute Gasteiger partial charge is 0.137 e. The highest BCUT2D eigenvalue weighted by Gasteiger charge is 2.11. The van der Waals surface area contributed by atoms with E-state index in [4.69, 9.17) is 0 Å². The van der Waals surface area contributed by atoms with Crippen LogP contribution in [0, 0.1) is 5.82 Å². The van der Waals surface area contributed by atoms with Crippen molar-refractivity contribution < 1.29 is 4.39 Å². The Morgan fingerprint density at radius 1 is 1.16 bits per heavy atom. The lowest BCUT2D eigenvalue weighted by Gasteiger charge is -2.04. The zero-order chi connectivity index (χ0) is 13.2. The van der Waals surface area contributed by atoms with Gasteiger partial charge in [-0.3, -0.25) is 10.1 Å². The van der Waals surface area contributed by atoms with E-state index < -0.39 is 0 Å². The summed E-state index contributed by atoms with van der Waals surface area (Å²) in [5, 5.41) is 6.99. The zero-order valence-electron chi connectivity index (χ0n) is 9.77. The first-order valence-electron chi connectivity index (χ1n) is 5.66. The van der Waals surface area contributed by atoms with E-state index in [0.29, 0.717) is 4.47 Å². The molecule has 0 unspecified atom stereocenters. The molecule has 0 atom stereocenters. The second-order valence-electron chi connectivity index (χ2n) is 4.00. The van der Waals surface area contributed by atoms with E-state index in [1.54, 1.807) is 24.5 Å². The van der Waals surface area contributed by atoms with Crippen molar-refractivity contribution >= 4 is 15.9 Å². The molecule has 0 bridgehead atoms. The van der Waals surface area contributed by atoms with Crippen molar-refractivity contribution in [1.29, 1.82) is 0 Å². The number of aromatic nitrogens is 3. The van der Waals surface area contributed by atoms with Crippen LogP contribution in [0.1, 0.15) is 0 Å². The highest BCUT2D eigenvalue weighted by Crippen LogP contribution is 2.31. The molecule has 0 spiro atoms. The molecule has 0 aliphatic carbocycles. The van der Waals surface area contributed by atoms with Gasteiger partial charge in [-0.15, -0.1) is 0 Å². The van der Waals surface area contributed by atoms with Gasteiger partial charge in [-0.2, -0.15) is 5.10 Å². The van der Waals surface area contributed by atoms with Gasteiger partial charge in [0.25, 0.3) is 0 Å². The summed E-state index contributed by atoms with van der Waals surface area (Å²) in [6.45, 7) is 0. The molecule has 5 heteroatoms. The minimum atomic E-state index is -0.286. The van der Waals surface area contributed by atoms with Crippen LogP contribution in [0.25, 0.3) is 22.5 Å². The van der Waals surface area contributed by atoms with Gasteiger partial charge in [0.2, 0.25) is 0 Å². The molecular weight excluding hydrogens is 309 g/mol. The fourth-order valence-corrected chi connectivity index (χ4v) is 2.25. The average molecular weight is 318 g/mol. The summed E-state index contributed by atoms with van der Waals surface area (Å²) in [7, 11) is 0. The molecule has 3 nitrogen and oxygen atoms in total. The van der Waals surface area contributed by atoms with Gasteiger partial charge >= 0.3 is 0 Å². The van der Waals surface area contributed by atoms with Gasteiger partial charge in [0.05, 0.1) is 22.1 Å². The summed E-state index contributed by atoms with van der Waals surface area (Å²) in [4.78, 5) is 4.29. The molecule has 94 valence electrons. The van der Waals surface area contributed by atoms with Gasteiger partial charge in [0, 0.05) is 11.8 Å². The highest BCUT2D eigenvalue weighted by atomic mass is 79.9. The Morgan fingerprint density at radius 3 is 2.79 bits per heavy atom. The Hall–Kier alpha value is -2.01. The summed E-state index contributed by atoms with van der Waals surface area (Å²) in [6.07, 6.45) is 3.43. The molecule has 0 amide bonds. The largest absolute Gasteiger partial charge is 0.276 e. The van der Waals surface area contributed by atoms with Gasteiger partial charge in [-0.25, -0.2) is 4.39 Å². The molecule has 2 aromatic heterocycles. The Labute approximate surface area is 117 Å². The van der Waals surface area contributed by atoms with E-state index in [1.807, 2.05) is 18.2 Å². The first-order valence-corrected chi connectivity index (χ1v) is 6.45. The van der Waals surface area contributed by atoms with Crippen molar-refractivity contribution in [2.45, 2.75) is 0 Å². The lowest BCUT2D eigenvalue weighted by molar-refractivity contribution is 0.621. The minimum absolute atomic E-state index is 0.286. The normalized spacial score (nSPS) is 10.6. The molecule has 3 aromatic rings. The molecule has 2 heterocycles. The number of hydrogen-bond acceptors (Lipinski definition) is 2. The van der Waals surface area contributed by atoms with Crippen molar-refractivity contribution in [3.8, 4) is 22.5 Å². The highest BCUT2D eigenvalue weighted by molar-refractivity contribution is 9.10. The van der Waals surface area contributed by atoms with E-state index in [1.165, 1.54) is 6.07 Å². The molecule has 0 saturated carbocycles. The van der Waals surface area contributed by atoms with E-state index in [0.717, 1.165) is 22.5 Å². The third kappa shape index (κ3) is 2.29. The second-order valence-corrected chi connectivity index (χ2v) is 4.86. The van der Waals surface area contributed by atoms with Crippen LogP contribution in [-0.2, 0) is 0 Å². The lowest BCUT2D eigenvalue weighted by Crippen LogP contribution is -1.86. The molecule has 3 rings (SSSR count). The van der Waals surface area contributed by atoms with Crippen LogP contribution in [0.4, 0.5) is 4.39 Å². The van der Waals surface area contributed by atoms with Crippen LogP contribution in [0.2, 0.25) is 0 Å². The first kappa shape index (κ1) is 12.0. The van der Waals surface area contributed by atoms with Crippen molar-refractivity contribution in [1.82, 2.24) is 15.2 Å². The summed E-state index contributed by atoms with van der Waals surface area (Å²) < 4.78 is 13.7. The Balaban J connectivity index is 2.12.